The van der Waals surface area contributed by atoms with E-state index in [9.17, 15) is 14.4 Å². The summed E-state index contributed by atoms with van der Waals surface area (Å²) in [6.45, 7) is 5.41. The second kappa shape index (κ2) is 8.89. The normalized spacial score (nSPS) is 17.5. The zero-order chi connectivity index (χ0) is 24.5. The largest absolute Gasteiger partial charge is 0.493 e. The van der Waals surface area contributed by atoms with Crippen LogP contribution in [0.4, 0.5) is 4.79 Å². The number of benzene rings is 2. The predicted molar refractivity (Wildman–Crippen MR) is 120 cm³/mol. The minimum absolute atomic E-state index is 0.176. The van der Waals surface area contributed by atoms with Gasteiger partial charge in [0.1, 0.15) is 17.9 Å². The van der Waals surface area contributed by atoms with E-state index < -0.39 is 23.4 Å². The summed E-state index contributed by atoms with van der Waals surface area (Å²) in [6, 6.07) is 12.6. The molecular formula is C24H24N4O6. The molecule has 34 heavy (non-hydrogen) atoms. The minimum atomic E-state index is -1.29. The quantitative estimate of drug-likeness (QED) is 0.515. The Kier molecular flexibility index (Phi) is 5.97. The van der Waals surface area contributed by atoms with E-state index in [2.05, 4.69) is 15.9 Å². The van der Waals surface area contributed by atoms with E-state index in [1.807, 2.05) is 13.0 Å². The number of urea groups is 1. The molecule has 1 atom stereocenters. The summed E-state index contributed by atoms with van der Waals surface area (Å²) in [5, 5.41) is 7.22. The summed E-state index contributed by atoms with van der Waals surface area (Å²) in [4.78, 5) is 38.3. The second-order valence-electron chi connectivity index (χ2n) is 7.96. The third kappa shape index (κ3) is 4.05. The molecule has 0 saturated carbocycles. The molecule has 2 heterocycles. The van der Waals surface area contributed by atoms with Crippen LogP contribution in [0, 0.1) is 13.8 Å². The number of methoxy groups -OCH3 is 1. The van der Waals surface area contributed by atoms with Crippen molar-refractivity contribution in [3.8, 4) is 11.5 Å². The van der Waals surface area contributed by atoms with Crippen molar-refractivity contribution < 1.29 is 28.4 Å². The molecule has 1 fully saturated rings. The van der Waals surface area contributed by atoms with E-state index in [1.54, 1.807) is 44.2 Å². The van der Waals surface area contributed by atoms with E-state index >= 15 is 0 Å². The minimum Gasteiger partial charge on any atom is -0.493 e. The van der Waals surface area contributed by atoms with Gasteiger partial charge in [-0.05, 0) is 44.5 Å². The average Bonchev–Trinajstić information content (AvgIpc) is 3.28. The summed E-state index contributed by atoms with van der Waals surface area (Å²) in [7, 11) is 1.45. The van der Waals surface area contributed by atoms with Gasteiger partial charge < -0.3 is 19.3 Å². The maximum Gasteiger partial charge on any atom is 0.344 e. The van der Waals surface area contributed by atoms with E-state index in [0.717, 1.165) is 11.3 Å². The van der Waals surface area contributed by atoms with Gasteiger partial charge >= 0.3 is 6.03 Å². The van der Waals surface area contributed by atoms with Crippen molar-refractivity contribution in [1.82, 2.24) is 20.9 Å². The molecule has 1 aliphatic rings. The second-order valence-corrected chi connectivity index (χ2v) is 7.96. The number of aryl methyl sites for hydroxylation is 2. The van der Waals surface area contributed by atoms with Crippen molar-refractivity contribution >= 4 is 17.8 Å². The number of nitrogens with one attached hydrogen (secondary N) is 2. The maximum absolute atomic E-state index is 13.0. The Bertz CT molecular complexity index is 1240. The lowest BCUT2D eigenvalue weighted by atomic mass is 9.92. The van der Waals surface area contributed by atoms with Crippen LogP contribution in [0.2, 0.25) is 0 Å². The number of amides is 4. The number of rotatable bonds is 7. The number of hydrazine groups is 1. The SMILES string of the molecule is COc1cc(C(=O)NN2C(=O)NC(C)(c3ccccc3)C2=O)ccc1OCc1c(C)noc1C. The number of hydrogen-bond acceptors (Lipinski definition) is 7. The van der Waals surface area contributed by atoms with Gasteiger partial charge in [0.2, 0.25) is 0 Å². The molecule has 2 N–H and O–H groups in total. The molecule has 176 valence electrons. The standard InChI is InChI=1S/C24H24N4O6/c1-14-18(15(2)34-27-14)13-33-19-11-10-16(12-20(19)32-4)21(29)26-28-22(30)24(3,25-23(28)31)17-8-6-5-7-9-17/h5-12H,13H2,1-4H3,(H,25,31)(H,26,29). The van der Waals surface area contributed by atoms with Crippen LogP contribution in [0.5, 0.6) is 11.5 Å². The van der Waals surface area contributed by atoms with Crippen LogP contribution >= 0.6 is 0 Å². The number of ether oxygens (including phenoxy) is 2. The summed E-state index contributed by atoms with van der Waals surface area (Å²) in [6.07, 6.45) is 0. The van der Waals surface area contributed by atoms with Crippen molar-refractivity contribution in [2.75, 3.05) is 7.11 Å². The van der Waals surface area contributed by atoms with E-state index in [0.29, 0.717) is 27.8 Å². The molecule has 3 aromatic rings. The molecule has 0 spiro atoms. The molecule has 1 saturated heterocycles. The van der Waals surface area contributed by atoms with Crippen LogP contribution in [0.1, 0.15) is 39.9 Å². The predicted octanol–water partition coefficient (Wildman–Crippen LogP) is 2.99. The Balaban J connectivity index is 1.49. The number of aromatic nitrogens is 1. The number of carbonyl (C=O) groups excluding carboxylic acids is 3. The van der Waals surface area contributed by atoms with Crippen molar-refractivity contribution in [3.05, 3.63) is 76.7 Å². The lowest BCUT2D eigenvalue weighted by molar-refractivity contribution is -0.132. The Morgan fingerprint density at radius 2 is 1.88 bits per heavy atom. The summed E-state index contributed by atoms with van der Waals surface area (Å²) >= 11 is 0. The average molecular weight is 464 g/mol. The first kappa shape index (κ1) is 22.8. The number of imide groups is 1. The van der Waals surface area contributed by atoms with Crippen molar-refractivity contribution in [2.45, 2.75) is 32.9 Å². The van der Waals surface area contributed by atoms with Crippen LogP contribution in [0.3, 0.4) is 0 Å². The molecule has 0 aliphatic carbocycles. The van der Waals surface area contributed by atoms with Crippen molar-refractivity contribution in [3.63, 3.8) is 0 Å². The molecule has 2 aromatic carbocycles. The fourth-order valence-electron chi connectivity index (χ4n) is 3.66. The monoisotopic (exact) mass is 464 g/mol. The molecule has 10 heteroatoms. The fraction of sp³-hybridized carbons (Fsp3) is 0.250. The molecule has 1 aromatic heterocycles. The molecule has 4 amide bonds. The Labute approximate surface area is 195 Å². The van der Waals surface area contributed by atoms with Crippen LogP contribution in [0.15, 0.2) is 53.1 Å². The third-order valence-electron chi connectivity index (χ3n) is 5.73. The highest BCUT2D eigenvalue weighted by Gasteiger charge is 2.50. The van der Waals surface area contributed by atoms with E-state index in [-0.39, 0.29) is 12.2 Å². The number of nitrogens with zero attached hydrogens (tertiary/aromatic N) is 2. The lowest BCUT2D eigenvalue weighted by Crippen LogP contribution is -2.47. The summed E-state index contributed by atoms with van der Waals surface area (Å²) in [5.41, 5.74) is 3.41. The highest BCUT2D eigenvalue weighted by molar-refractivity contribution is 6.09. The third-order valence-corrected chi connectivity index (χ3v) is 5.73. The van der Waals surface area contributed by atoms with E-state index in [4.69, 9.17) is 14.0 Å². The highest BCUT2D eigenvalue weighted by Crippen LogP contribution is 2.31. The summed E-state index contributed by atoms with van der Waals surface area (Å²) < 4.78 is 16.3. The van der Waals surface area contributed by atoms with Gasteiger partial charge in [-0.1, -0.05) is 35.5 Å². The molecule has 1 aliphatic heterocycles. The lowest BCUT2D eigenvalue weighted by Gasteiger charge is -2.22. The number of carbonyl (C=O) groups is 3. The first-order valence-electron chi connectivity index (χ1n) is 10.5. The molecule has 10 nitrogen and oxygen atoms in total. The van der Waals surface area contributed by atoms with E-state index in [1.165, 1.54) is 19.2 Å². The van der Waals surface area contributed by atoms with Gasteiger partial charge in [0.05, 0.1) is 18.4 Å². The van der Waals surface area contributed by atoms with Gasteiger partial charge in [-0.3, -0.25) is 15.0 Å². The first-order valence-corrected chi connectivity index (χ1v) is 10.5. The Morgan fingerprint density at radius 1 is 1.15 bits per heavy atom. The maximum atomic E-state index is 13.0. The molecule has 4 rings (SSSR count). The molecule has 0 bridgehead atoms. The summed E-state index contributed by atoms with van der Waals surface area (Å²) in [5.74, 6) is 0.125. The van der Waals surface area contributed by atoms with Gasteiger partial charge in [0, 0.05) is 5.56 Å². The topological polar surface area (TPSA) is 123 Å². The highest BCUT2D eigenvalue weighted by atomic mass is 16.5. The molecular weight excluding hydrogens is 440 g/mol. The van der Waals surface area contributed by atoms with Gasteiger partial charge in [-0.2, -0.15) is 5.01 Å². The smallest absolute Gasteiger partial charge is 0.344 e. The zero-order valence-electron chi connectivity index (χ0n) is 19.2. The van der Waals surface area contributed by atoms with Crippen molar-refractivity contribution in [1.29, 1.82) is 0 Å². The van der Waals surface area contributed by atoms with Gasteiger partial charge in [-0.25, -0.2) is 4.79 Å². The van der Waals surface area contributed by atoms with Crippen LogP contribution in [-0.2, 0) is 16.9 Å². The fourth-order valence-corrected chi connectivity index (χ4v) is 3.66. The number of hydrogen-bond donors (Lipinski definition) is 2. The van der Waals surface area contributed by atoms with Crippen molar-refractivity contribution in [2.24, 2.45) is 0 Å². The first-order chi connectivity index (χ1) is 16.2. The zero-order valence-corrected chi connectivity index (χ0v) is 19.2. The molecule has 0 radical (unpaired) electrons. The van der Waals surface area contributed by atoms with Crippen LogP contribution in [0.25, 0.3) is 0 Å². The molecule has 1 unspecified atom stereocenters. The van der Waals surface area contributed by atoms with Gasteiger partial charge in [0.25, 0.3) is 11.8 Å². The van der Waals surface area contributed by atoms with Gasteiger partial charge in [0.15, 0.2) is 11.5 Å². The Hall–Kier alpha value is -4.34. The van der Waals surface area contributed by atoms with Gasteiger partial charge in [-0.15, -0.1) is 0 Å². The van der Waals surface area contributed by atoms with Crippen LogP contribution < -0.4 is 20.2 Å². The Morgan fingerprint density at radius 3 is 2.53 bits per heavy atom. The van der Waals surface area contributed by atoms with Crippen LogP contribution in [-0.4, -0.2) is 35.1 Å².